The van der Waals surface area contributed by atoms with Crippen molar-refractivity contribution in [2.24, 2.45) is 5.73 Å². The molecule has 3 N–H and O–H groups in total. The topological polar surface area (TPSA) is 55.1 Å². The van der Waals surface area contributed by atoms with Crippen LogP contribution in [0.2, 0.25) is 0 Å². The molecule has 0 saturated heterocycles. The molecule has 0 aliphatic rings. The molecule has 0 fully saturated rings. The Kier molecular flexibility index (Phi) is 5.35. The number of nitrogens with two attached hydrogens (primary N) is 1. The molecule has 1 aromatic carbocycles. The van der Waals surface area contributed by atoms with Crippen LogP contribution in [0, 0.1) is 0 Å². The van der Waals surface area contributed by atoms with E-state index in [0.29, 0.717) is 0 Å². The molecule has 0 unspecified atom stereocenters. The van der Waals surface area contributed by atoms with Gasteiger partial charge in [0.15, 0.2) is 0 Å². The van der Waals surface area contributed by atoms with Gasteiger partial charge >= 0.3 is 0 Å². The van der Waals surface area contributed by atoms with Crippen LogP contribution in [-0.4, -0.2) is 24.0 Å². The van der Waals surface area contributed by atoms with Crippen molar-refractivity contribution in [3.8, 4) is 0 Å². The standard InChI is InChI=1S/C12H18N2OS/c1-9(13)12(15)14-11-5-3-10(4-6-11)7-8-16-2/h3-6,9H,7-8,13H2,1-2H3,(H,14,15)/t9-/m1/s1. The summed E-state index contributed by atoms with van der Waals surface area (Å²) in [6, 6.07) is 7.42. The van der Waals surface area contributed by atoms with Crippen molar-refractivity contribution < 1.29 is 4.79 Å². The monoisotopic (exact) mass is 238 g/mol. The number of carbonyl (C=O) groups is 1. The van der Waals surface area contributed by atoms with Crippen molar-refractivity contribution in [3.05, 3.63) is 29.8 Å². The Hall–Kier alpha value is -1.00. The third-order valence-corrected chi connectivity index (χ3v) is 2.84. The third-order valence-electron chi connectivity index (χ3n) is 2.23. The van der Waals surface area contributed by atoms with E-state index >= 15 is 0 Å². The first-order valence-corrected chi connectivity index (χ1v) is 6.67. The number of rotatable bonds is 5. The highest BCUT2D eigenvalue weighted by Gasteiger charge is 2.06. The van der Waals surface area contributed by atoms with E-state index in [9.17, 15) is 4.79 Å². The summed E-state index contributed by atoms with van der Waals surface area (Å²) in [5.74, 6) is 0.961. The molecule has 0 bridgehead atoms. The highest BCUT2D eigenvalue weighted by molar-refractivity contribution is 7.98. The Morgan fingerprint density at radius 1 is 1.44 bits per heavy atom. The predicted octanol–water partition coefficient (Wildman–Crippen LogP) is 1.88. The first-order valence-electron chi connectivity index (χ1n) is 5.28. The SMILES string of the molecule is CSCCc1ccc(NC(=O)[C@@H](C)N)cc1. The van der Waals surface area contributed by atoms with E-state index in [1.54, 1.807) is 6.92 Å². The lowest BCUT2D eigenvalue weighted by molar-refractivity contribution is -0.117. The van der Waals surface area contributed by atoms with Gasteiger partial charge in [0, 0.05) is 5.69 Å². The first kappa shape index (κ1) is 13.1. The van der Waals surface area contributed by atoms with Crippen molar-refractivity contribution in [1.82, 2.24) is 0 Å². The number of thioether (sulfide) groups is 1. The Balaban J connectivity index is 2.54. The summed E-state index contributed by atoms with van der Waals surface area (Å²) in [4.78, 5) is 11.3. The normalized spacial score (nSPS) is 12.2. The quantitative estimate of drug-likeness (QED) is 0.823. The number of nitrogens with one attached hydrogen (secondary N) is 1. The molecular formula is C12H18N2OS. The maximum Gasteiger partial charge on any atom is 0.240 e. The van der Waals surface area contributed by atoms with Crippen molar-refractivity contribution >= 4 is 23.4 Å². The summed E-state index contributed by atoms with van der Waals surface area (Å²) in [7, 11) is 0. The van der Waals surface area contributed by atoms with Gasteiger partial charge in [-0.3, -0.25) is 4.79 Å². The highest BCUT2D eigenvalue weighted by Crippen LogP contribution is 2.11. The molecule has 0 spiro atoms. The van der Waals surface area contributed by atoms with E-state index in [-0.39, 0.29) is 5.91 Å². The first-order chi connectivity index (χ1) is 7.63. The summed E-state index contributed by atoms with van der Waals surface area (Å²) in [5, 5.41) is 2.76. The minimum Gasteiger partial charge on any atom is -0.325 e. The van der Waals surface area contributed by atoms with Gasteiger partial charge in [-0.25, -0.2) is 0 Å². The van der Waals surface area contributed by atoms with E-state index in [1.165, 1.54) is 5.56 Å². The molecule has 1 rings (SSSR count). The Bertz CT molecular complexity index is 335. The molecule has 1 aromatic rings. The minimum absolute atomic E-state index is 0.156. The Morgan fingerprint density at radius 3 is 2.56 bits per heavy atom. The molecule has 3 nitrogen and oxygen atoms in total. The van der Waals surface area contributed by atoms with Crippen LogP contribution in [0.5, 0.6) is 0 Å². The second kappa shape index (κ2) is 6.55. The summed E-state index contributed by atoms with van der Waals surface area (Å²) >= 11 is 1.83. The maximum atomic E-state index is 11.3. The van der Waals surface area contributed by atoms with Crippen LogP contribution < -0.4 is 11.1 Å². The predicted molar refractivity (Wildman–Crippen MR) is 70.8 cm³/mol. The van der Waals surface area contributed by atoms with Crippen molar-refractivity contribution in [2.75, 3.05) is 17.3 Å². The molecular weight excluding hydrogens is 220 g/mol. The van der Waals surface area contributed by atoms with E-state index in [1.807, 2.05) is 36.0 Å². The lowest BCUT2D eigenvalue weighted by Crippen LogP contribution is -2.32. The zero-order valence-corrected chi connectivity index (χ0v) is 10.5. The molecule has 88 valence electrons. The molecule has 16 heavy (non-hydrogen) atoms. The number of hydrogen-bond acceptors (Lipinski definition) is 3. The van der Waals surface area contributed by atoms with Crippen LogP contribution in [0.4, 0.5) is 5.69 Å². The Morgan fingerprint density at radius 2 is 2.06 bits per heavy atom. The van der Waals surface area contributed by atoms with Crippen molar-refractivity contribution in [3.63, 3.8) is 0 Å². The fraction of sp³-hybridized carbons (Fsp3) is 0.417. The lowest BCUT2D eigenvalue weighted by Gasteiger charge is -2.08. The van der Waals surface area contributed by atoms with E-state index < -0.39 is 6.04 Å². The van der Waals surface area contributed by atoms with Crippen molar-refractivity contribution in [2.45, 2.75) is 19.4 Å². The van der Waals surface area contributed by atoms with Gasteiger partial charge in [0.2, 0.25) is 5.91 Å². The van der Waals surface area contributed by atoms with Gasteiger partial charge in [0.05, 0.1) is 6.04 Å². The molecule has 0 saturated carbocycles. The van der Waals surface area contributed by atoms with Gasteiger partial charge in [-0.05, 0) is 43.0 Å². The largest absolute Gasteiger partial charge is 0.325 e. The molecule has 0 aliphatic heterocycles. The van der Waals surface area contributed by atoms with Gasteiger partial charge in [0.1, 0.15) is 0 Å². The number of amides is 1. The van der Waals surface area contributed by atoms with Crippen LogP contribution >= 0.6 is 11.8 Å². The second-order valence-electron chi connectivity index (χ2n) is 3.72. The maximum absolute atomic E-state index is 11.3. The van der Waals surface area contributed by atoms with Gasteiger partial charge in [0.25, 0.3) is 0 Å². The zero-order valence-electron chi connectivity index (χ0n) is 9.69. The number of hydrogen-bond donors (Lipinski definition) is 2. The summed E-state index contributed by atoms with van der Waals surface area (Å²) in [6.45, 7) is 1.67. The van der Waals surface area contributed by atoms with Crippen LogP contribution in [0.3, 0.4) is 0 Å². The average Bonchev–Trinajstić information content (AvgIpc) is 2.28. The summed E-state index contributed by atoms with van der Waals surface area (Å²) < 4.78 is 0. The molecule has 0 aliphatic carbocycles. The lowest BCUT2D eigenvalue weighted by atomic mass is 10.1. The van der Waals surface area contributed by atoms with Crippen molar-refractivity contribution in [1.29, 1.82) is 0 Å². The fourth-order valence-electron chi connectivity index (χ4n) is 1.23. The molecule has 4 heteroatoms. The highest BCUT2D eigenvalue weighted by atomic mass is 32.2. The number of anilines is 1. The number of aryl methyl sites for hydroxylation is 1. The van der Waals surface area contributed by atoms with Crippen LogP contribution in [-0.2, 0) is 11.2 Å². The number of carbonyl (C=O) groups excluding carboxylic acids is 1. The van der Waals surface area contributed by atoms with Crippen LogP contribution in [0.15, 0.2) is 24.3 Å². The second-order valence-corrected chi connectivity index (χ2v) is 4.70. The van der Waals surface area contributed by atoms with Gasteiger partial charge in [-0.15, -0.1) is 0 Å². The molecule has 0 aromatic heterocycles. The van der Waals surface area contributed by atoms with Crippen LogP contribution in [0.25, 0.3) is 0 Å². The van der Waals surface area contributed by atoms with E-state index in [0.717, 1.165) is 17.9 Å². The molecule has 0 heterocycles. The third kappa shape index (κ3) is 4.24. The average molecular weight is 238 g/mol. The Labute approximate surface area is 101 Å². The molecule has 1 atom stereocenters. The zero-order chi connectivity index (χ0) is 12.0. The minimum atomic E-state index is -0.476. The smallest absolute Gasteiger partial charge is 0.240 e. The van der Waals surface area contributed by atoms with Gasteiger partial charge in [-0.1, -0.05) is 12.1 Å². The van der Waals surface area contributed by atoms with E-state index in [4.69, 9.17) is 5.73 Å². The van der Waals surface area contributed by atoms with E-state index in [2.05, 4.69) is 11.6 Å². The summed E-state index contributed by atoms with van der Waals surface area (Å²) in [6.07, 6.45) is 3.15. The number of benzene rings is 1. The van der Waals surface area contributed by atoms with Gasteiger partial charge < -0.3 is 11.1 Å². The summed E-state index contributed by atoms with van der Waals surface area (Å²) in [5.41, 5.74) is 7.55. The van der Waals surface area contributed by atoms with Gasteiger partial charge in [-0.2, -0.15) is 11.8 Å². The fourth-order valence-corrected chi connectivity index (χ4v) is 1.67. The molecule has 0 radical (unpaired) electrons. The molecule has 1 amide bonds. The van der Waals surface area contributed by atoms with Crippen LogP contribution in [0.1, 0.15) is 12.5 Å².